The molecule has 0 N–H and O–H groups in total. The largest absolute Gasteiger partial charge is 0.353 e. The van der Waals surface area contributed by atoms with Gasteiger partial charge >= 0.3 is 0 Å². The van der Waals surface area contributed by atoms with Gasteiger partial charge in [0.25, 0.3) is 0 Å². The molecule has 5 nitrogen and oxygen atoms in total. The minimum Gasteiger partial charge on any atom is -0.353 e. The standard InChI is InChI=1S/C25H34N4OS/c1-31-23-10-7-22(8-11-23)20-27-14-4-5-21(19-27)9-12-25(30)29-17-15-28(16-18-29)24-6-2-3-13-26-24/h2-3,6-8,10-11,13,21H,4-5,9,12,14-20H2,1H3/t21-/m1/s1. The van der Waals surface area contributed by atoms with E-state index < -0.39 is 0 Å². The highest BCUT2D eigenvalue weighted by Crippen LogP contribution is 2.24. The monoisotopic (exact) mass is 438 g/mol. The van der Waals surface area contributed by atoms with E-state index in [1.165, 1.54) is 29.8 Å². The molecule has 4 rings (SSSR count). The van der Waals surface area contributed by atoms with Gasteiger partial charge < -0.3 is 9.80 Å². The van der Waals surface area contributed by atoms with Gasteiger partial charge in [0.15, 0.2) is 0 Å². The maximum atomic E-state index is 12.8. The molecule has 31 heavy (non-hydrogen) atoms. The van der Waals surface area contributed by atoms with Crippen molar-refractivity contribution in [2.75, 3.05) is 50.4 Å². The number of anilines is 1. The first-order valence-electron chi connectivity index (χ1n) is 11.5. The van der Waals surface area contributed by atoms with Crippen molar-refractivity contribution in [1.82, 2.24) is 14.8 Å². The number of thioether (sulfide) groups is 1. The van der Waals surface area contributed by atoms with Gasteiger partial charge in [0.05, 0.1) is 0 Å². The topological polar surface area (TPSA) is 39.7 Å². The highest BCUT2D eigenvalue weighted by Gasteiger charge is 2.24. The van der Waals surface area contributed by atoms with E-state index in [1.54, 1.807) is 11.8 Å². The minimum absolute atomic E-state index is 0.324. The smallest absolute Gasteiger partial charge is 0.222 e. The summed E-state index contributed by atoms with van der Waals surface area (Å²) >= 11 is 1.79. The quantitative estimate of drug-likeness (QED) is 0.608. The molecule has 2 aliphatic rings. The first kappa shape index (κ1) is 22.2. The second-order valence-electron chi connectivity index (χ2n) is 8.69. The molecule has 1 atom stereocenters. The normalized spacial score (nSPS) is 20.1. The molecule has 166 valence electrons. The molecule has 6 heteroatoms. The van der Waals surface area contributed by atoms with E-state index in [-0.39, 0.29) is 0 Å². The number of carbonyl (C=O) groups is 1. The van der Waals surface area contributed by atoms with Crippen LogP contribution < -0.4 is 4.90 Å². The lowest BCUT2D eigenvalue weighted by atomic mass is 9.92. The predicted molar refractivity (Wildman–Crippen MR) is 128 cm³/mol. The number of rotatable bonds is 7. The Morgan fingerprint density at radius 2 is 1.87 bits per heavy atom. The number of piperidine rings is 1. The number of piperazine rings is 1. The molecule has 1 aromatic carbocycles. The summed E-state index contributed by atoms with van der Waals surface area (Å²) < 4.78 is 0. The van der Waals surface area contributed by atoms with E-state index >= 15 is 0 Å². The molecule has 2 fully saturated rings. The van der Waals surface area contributed by atoms with Crippen LogP contribution in [0.3, 0.4) is 0 Å². The third kappa shape index (κ3) is 6.23. The number of hydrogen-bond donors (Lipinski definition) is 0. The zero-order valence-electron chi connectivity index (χ0n) is 18.6. The van der Waals surface area contributed by atoms with Gasteiger partial charge in [-0.05, 0) is 67.8 Å². The maximum absolute atomic E-state index is 12.8. The Kier molecular flexibility index (Phi) is 7.86. The lowest BCUT2D eigenvalue weighted by Gasteiger charge is -2.36. The second kappa shape index (κ2) is 11.0. The van der Waals surface area contributed by atoms with Crippen LogP contribution in [-0.4, -0.2) is 66.2 Å². The van der Waals surface area contributed by atoms with Crippen LogP contribution in [0.2, 0.25) is 0 Å². The molecule has 1 aromatic heterocycles. The van der Waals surface area contributed by atoms with Crippen LogP contribution in [0, 0.1) is 5.92 Å². The average Bonchev–Trinajstić information content (AvgIpc) is 2.84. The van der Waals surface area contributed by atoms with Crippen molar-refractivity contribution in [3.8, 4) is 0 Å². The fourth-order valence-electron chi connectivity index (χ4n) is 4.73. The Morgan fingerprint density at radius 1 is 1.06 bits per heavy atom. The fourth-order valence-corrected chi connectivity index (χ4v) is 5.14. The van der Waals surface area contributed by atoms with Crippen LogP contribution >= 0.6 is 11.8 Å². The first-order chi connectivity index (χ1) is 15.2. The van der Waals surface area contributed by atoms with Gasteiger partial charge in [0, 0.05) is 56.8 Å². The zero-order chi connectivity index (χ0) is 21.5. The summed E-state index contributed by atoms with van der Waals surface area (Å²) in [5.41, 5.74) is 1.39. The summed E-state index contributed by atoms with van der Waals surface area (Å²) in [5.74, 6) is 1.98. The van der Waals surface area contributed by atoms with Gasteiger partial charge in [0.2, 0.25) is 5.91 Å². The molecule has 0 saturated carbocycles. The lowest BCUT2D eigenvalue weighted by molar-refractivity contribution is -0.131. The lowest BCUT2D eigenvalue weighted by Crippen LogP contribution is -2.49. The second-order valence-corrected chi connectivity index (χ2v) is 9.57. The Balaban J connectivity index is 1.19. The highest BCUT2D eigenvalue weighted by atomic mass is 32.2. The van der Waals surface area contributed by atoms with Gasteiger partial charge in [-0.15, -0.1) is 11.8 Å². The number of pyridine rings is 1. The number of carbonyl (C=O) groups excluding carboxylic acids is 1. The molecule has 0 unspecified atom stereocenters. The summed E-state index contributed by atoms with van der Waals surface area (Å²) in [7, 11) is 0. The van der Waals surface area contributed by atoms with E-state index in [1.807, 2.05) is 29.3 Å². The van der Waals surface area contributed by atoms with Crippen molar-refractivity contribution in [3.63, 3.8) is 0 Å². The maximum Gasteiger partial charge on any atom is 0.222 e. The van der Waals surface area contributed by atoms with Crippen molar-refractivity contribution in [2.45, 2.75) is 37.1 Å². The van der Waals surface area contributed by atoms with Crippen molar-refractivity contribution in [2.24, 2.45) is 5.92 Å². The molecule has 2 aromatic rings. The van der Waals surface area contributed by atoms with Crippen molar-refractivity contribution >= 4 is 23.5 Å². The summed E-state index contributed by atoms with van der Waals surface area (Å²) in [6, 6.07) is 14.9. The van der Waals surface area contributed by atoms with Gasteiger partial charge in [-0.25, -0.2) is 4.98 Å². The summed E-state index contributed by atoms with van der Waals surface area (Å²) in [4.78, 5) is 25.4. The summed E-state index contributed by atoms with van der Waals surface area (Å²) in [5, 5.41) is 0. The van der Waals surface area contributed by atoms with Crippen LogP contribution in [0.25, 0.3) is 0 Å². The minimum atomic E-state index is 0.324. The molecular weight excluding hydrogens is 404 g/mol. The van der Waals surface area contributed by atoms with Gasteiger partial charge in [-0.1, -0.05) is 18.2 Å². The molecule has 3 heterocycles. The first-order valence-corrected chi connectivity index (χ1v) is 12.7. The number of likely N-dealkylation sites (tertiary alicyclic amines) is 1. The van der Waals surface area contributed by atoms with E-state index in [2.05, 4.69) is 45.3 Å². The van der Waals surface area contributed by atoms with Gasteiger partial charge in [-0.2, -0.15) is 0 Å². The molecule has 1 amide bonds. The average molecular weight is 439 g/mol. The van der Waals surface area contributed by atoms with Gasteiger partial charge in [0.1, 0.15) is 5.82 Å². The van der Waals surface area contributed by atoms with Crippen LogP contribution in [0.5, 0.6) is 0 Å². The molecule has 2 saturated heterocycles. The number of amides is 1. The number of benzene rings is 1. The summed E-state index contributed by atoms with van der Waals surface area (Å²) in [6.45, 7) is 6.66. The molecular formula is C25H34N4OS. The van der Waals surface area contributed by atoms with E-state index in [9.17, 15) is 4.79 Å². The van der Waals surface area contributed by atoms with Crippen molar-refractivity contribution < 1.29 is 4.79 Å². The Hall–Kier alpha value is -2.05. The molecule has 2 aliphatic heterocycles. The Morgan fingerprint density at radius 3 is 2.58 bits per heavy atom. The van der Waals surface area contributed by atoms with E-state index in [0.29, 0.717) is 18.2 Å². The van der Waals surface area contributed by atoms with Crippen LogP contribution in [0.1, 0.15) is 31.2 Å². The number of nitrogens with zero attached hydrogens (tertiary/aromatic N) is 4. The third-order valence-electron chi connectivity index (χ3n) is 6.54. The highest BCUT2D eigenvalue weighted by molar-refractivity contribution is 7.98. The molecule has 0 aliphatic carbocycles. The van der Waals surface area contributed by atoms with Gasteiger partial charge in [-0.3, -0.25) is 9.69 Å². The van der Waals surface area contributed by atoms with Crippen LogP contribution in [0.4, 0.5) is 5.82 Å². The fraction of sp³-hybridized carbons (Fsp3) is 0.520. The number of aromatic nitrogens is 1. The van der Waals surface area contributed by atoms with Crippen molar-refractivity contribution in [1.29, 1.82) is 0 Å². The van der Waals surface area contributed by atoms with Crippen molar-refractivity contribution in [3.05, 3.63) is 54.2 Å². The summed E-state index contributed by atoms with van der Waals surface area (Å²) in [6.07, 6.45) is 8.14. The third-order valence-corrected chi connectivity index (χ3v) is 7.28. The SMILES string of the molecule is CSc1ccc(CN2CCC[C@H](CCC(=O)N3CCN(c4ccccn4)CC3)C2)cc1. The van der Waals surface area contributed by atoms with Crippen LogP contribution in [0.15, 0.2) is 53.6 Å². The predicted octanol–water partition coefficient (Wildman–Crippen LogP) is 4.14. The molecule has 0 spiro atoms. The Bertz CT molecular complexity index is 821. The Labute approximate surface area is 190 Å². The van der Waals surface area contributed by atoms with E-state index in [4.69, 9.17) is 0 Å². The zero-order valence-corrected chi connectivity index (χ0v) is 19.4. The number of hydrogen-bond acceptors (Lipinski definition) is 5. The molecule has 0 bridgehead atoms. The molecule has 0 radical (unpaired) electrons. The van der Waals surface area contributed by atoms with E-state index in [0.717, 1.165) is 51.5 Å². The van der Waals surface area contributed by atoms with Crippen LogP contribution in [-0.2, 0) is 11.3 Å².